The van der Waals surface area contributed by atoms with E-state index in [1.54, 1.807) is 0 Å². The number of aliphatic carboxylic acids is 1. The van der Waals surface area contributed by atoms with Crippen molar-refractivity contribution in [3.05, 3.63) is 35.4 Å². The molecule has 112 valence electrons. The van der Waals surface area contributed by atoms with Crippen LogP contribution in [0.5, 0.6) is 0 Å². The van der Waals surface area contributed by atoms with Crippen LogP contribution in [0.3, 0.4) is 0 Å². The average Bonchev–Trinajstić information content (AvgIpc) is 2.88. The maximum Gasteiger partial charge on any atom is 0.326 e. The number of amides is 1. The second-order valence-electron chi connectivity index (χ2n) is 5.64. The summed E-state index contributed by atoms with van der Waals surface area (Å²) >= 11 is 0. The van der Waals surface area contributed by atoms with E-state index in [-0.39, 0.29) is 18.9 Å². The molecule has 0 aromatic heterocycles. The Hall–Kier alpha value is -1.92. The summed E-state index contributed by atoms with van der Waals surface area (Å²) in [5.74, 6) is -1.30. The van der Waals surface area contributed by atoms with Crippen molar-refractivity contribution in [2.45, 2.75) is 37.6 Å². The first-order valence-electron chi connectivity index (χ1n) is 7.08. The number of fused-ring (bicyclic) bond motifs is 1. The Morgan fingerprint density at radius 2 is 1.95 bits per heavy atom. The summed E-state index contributed by atoms with van der Waals surface area (Å²) in [6.07, 6.45) is -0.107. The van der Waals surface area contributed by atoms with Crippen molar-refractivity contribution in [3.63, 3.8) is 0 Å². The molecule has 0 unspecified atom stereocenters. The van der Waals surface area contributed by atoms with Crippen molar-refractivity contribution < 1.29 is 19.8 Å². The van der Waals surface area contributed by atoms with E-state index in [1.807, 2.05) is 24.3 Å². The van der Waals surface area contributed by atoms with Gasteiger partial charge in [-0.25, -0.2) is 4.79 Å². The Morgan fingerprint density at radius 1 is 1.24 bits per heavy atom. The van der Waals surface area contributed by atoms with Crippen LogP contribution in [0.4, 0.5) is 0 Å². The maximum atomic E-state index is 12.6. The van der Waals surface area contributed by atoms with Gasteiger partial charge in [0.25, 0.3) is 0 Å². The van der Waals surface area contributed by atoms with Crippen molar-refractivity contribution >= 4 is 11.9 Å². The van der Waals surface area contributed by atoms with E-state index in [2.05, 4.69) is 5.32 Å². The lowest BCUT2D eigenvalue weighted by molar-refractivity contribution is -0.149. The monoisotopic (exact) mass is 290 g/mol. The zero-order valence-electron chi connectivity index (χ0n) is 11.5. The van der Waals surface area contributed by atoms with E-state index in [0.717, 1.165) is 11.1 Å². The summed E-state index contributed by atoms with van der Waals surface area (Å²) in [4.78, 5) is 25.1. The fourth-order valence-corrected chi connectivity index (χ4v) is 3.12. The van der Waals surface area contributed by atoms with Gasteiger partial charge in [-0.3, -0.25) is 4.79 Å². The number of carbonyl (C=O) groups is 2. The van der Waals surface area contributed by atoms with Gasteiger partial charge in [-0.15, -0.1) is 0 Å². The number of aliphatic hydroxyl groups is 1. The van der Waals surface area contributed by atoms with Gasteiger partial charge >= 0.3 is 5.97 Å². The second-order valence-corrected chi connectivity index (χ2v) is 5.64. The zero-order chi connectivity index (χ0) is 15.0. The number of β-amino-alcohol motifs (C(OH)–C–C–N with tert-alkyl or cyclic N) is 1. The fraction of sp³-hybridized carbons (Fsp3) is 0.467. The first-order chi connectivity index (χ1) is 10.1. The van der Waals surface area contributed by atoms with Crippen LogP contribution in [0.2, 0.25) is 0 Å². The van der Waals surface area contributed by atoms with Crippen LogP contribution >= 0.6 is 0 Å². The van der Waals surface area contributed by atoms with Crippen LogP contribution < -0.4 is 5.32 Å². The summed E-state index contributed by atoms with van der Waals surface area (Å²) < 4.78 is 0. The number of nitrogens with zero attached hydrogens (tertiary/aromatic N) is 1. The summed E-state index contributed by atoms with van der Waals surface area (Å²) in [6, 6.07) is 6.55. The highest BCUT2D eigenvalue weighted by Crippen LogP contribution is 2.22. The standard InChI is InChI=1S/C15H18N2O4/c18-11-6-13(15(20)21)17(8-11)14(19)12-5-9-3-1-2-4-10(9)7-16-12/h1-4,11-13,16,18H,5-8H2,(H,20,21)/t11-,12-,13+/m1/s1. The van der Waals surface area contributed by atoms with Crippen LogP contribution in [-0.4, -0.2) is 51.7 Å². The molecule has 3 N–H and O–H groups in total. The molecule has 3 atom stereocenters. The lowest BCUT2D eigenvalue weighted by atomic mass is 9.95. The summed E-state index contributed by atoms with van der Waals surface area (Å²) in [7, 11) is 0. The lowest BCUT2D eigenvalue weighted by Crippen LogP contribution is -2.52. The predicted molar refractivity (Wildman–Crippen MR) is 74.5 cm³/mol. The van der Waals surface area contributed by atoms with Gasteiger partial charge < -0.3 is 20.4 Å². The molecule has 1 aromatic carbocycles. The molecule has 1 fully saturated rings. The molecular formula is C15H18N2O4. The minimum absolute atomic E-state index is 0.0929. The number of aliphatic hydroxyl groups excluding tert-OH is 1. The molecule has 1 aromatic rings. The van der Waals surface area contributed by atoms with Crippen molar-refractivity contribution in [1.82, 2.24) is 10.2 Å². The van der Waals surface area contributed by atoms with Crippen LogP contribution in [0, 0.1) is 0 Å². The zero-order valence-corrected chi connectivity index (χ0v) is 11.5. The first-order valence-corrected chi connectivity index (χ1v) is 7.08. The second kappa shape index (κ2) is 5.46. The Morgan fingerprint density at radius 3 is 2.67 bits per heavy atom. The quantitative estimate of drug-likeness (QED) is 0.699. The highest BCUT2D eigenvalue weighted by Gasteiger charge is 2.41. The van der Waals surface area contributed by atoms with Gasteiger partial charge in [0.05, 0.1) is 12.1 Å². The SMILES string of the molecule is O=C(O)[C@@H]1C[C@@H](O)CN1C(=O)[C@H]1Cc2ccccc2CN1. The van der Waals surface area contributed by atoms with E-state index in [9.17, 15) is 19.8 Å². The van der Waals surface area contributed by atoms with Crippen LogP contribution in [0.15, 0.2) is 24.3 Å². The Balaban J connectivity index is 1.76. The minimum Gasteiger partial charge on any atom is -0.480 e. The summed E-state index contributed by atoms with van der Waals surface area (Å²) in [6.45, 7) is 0.691. The molecule has 0 aliphatic carbocycles. The number of hydrogen-bond donors (Lipinski definition) is 3. The van der Waals surface area contributed by atoms with Crippen molar-refractivity contribution in [1.29, 1.82) is 0 Å². The largest absolute Gasteiger partial charge is 0.480 e. The average molecular weight is 290 g/mol. The van der Waals surface area contributed by atoms with Crippen LogP contribution in [0.1, 0.15) is 17.5 Å². The Labute approximate surface area is 122 Å². The third-order valence-corrected chi connectivity index (χ3v) is 4.23. The van der Waals surface area contributed by atoms with Crippen molar-refractivity contribution in [3.8, 4) is 0 Å². The molecule has 6 heteroatoms. The molecule has 6 nitrogen and oxygen atoms in total. The first kappa shape index (κ1) is 14.0. The van der Waals surface area contributed by atoms with E-state index >= 15 is 0 Å². The number of benzene rings is 1. The van der Waals surface area contributed by atoms with Crippen molar-refractivity contribution in [2.75, 3.05) is 6.54 Å². The molecule has 1 saturated heterocycles. The number of carboxylic acid groups (broad SMARTS) is 1. The number of rotatable bonds is 2. The molecular weight excluding hydrogens is 272 g/mol. The predicted octanol–water partition coefficient (Wildman–Crippen LogP) is -0.253. The lowest BCUT2D eigenvalue weighted by Gasteiger charge is -2.30. The topological polar surface area (TPSA) is 89.9 Å². The van der Waals surface area contributed by atoms with Crippen molar-refractivity contribution in [2.24, 2.45) is 0 Å². The smallest absolute Gasteiger partial charge is 0.326 e. The Kier molecular flexibility index (Phi) is 3.65. The number of hydrogen-bond acceptors (Lipinski definition) is 4. The van der Waals surface area contributed by atoms with Gasteiger partial charge in [-0.1, -0.05) is 24.3 Å². The third-order valence-electron chi connectivity index (χ3n) is 4.23. The Bertz CT molecular complexity index is 575. The molecule has 1 amide bonds. The van der Waals surface area contributed by atoms with Gasteiger partial charge in [0.1, 0.15) is 6.04 Å². The van der Waals surface area contributed by atoms with Gasteiger partial charge in [-0.05, 0) is 17.5 Å². The molecule has 2 aliphatic heterocycles. The van der Waals surface area contributed by atoms with E-state index < -0.39 is 24.2 Å². The molecule has 3 rings (SSSR count). The van der Waals surface area contributed by atoms with E-state index in [0.29, 0.717) is 13.0 Å². The van der Waals surface area contributed by atoms with E-state index in [1.165, 1.54) is 4.90 Å². The van der Waals surface area contributed by atoms with Crippen LogP contribution in [0.25, 0.3) is 0 Å². The molecule has 2 aliphatic rings. The molecule has 0 bridgehead atoms. The molecule has 0 saturated carbocycles. The third kappa shape index (κ3) is 2.64. The number of carboxylic acids is 1. The maximum absolute atomic E-state index is 12.6. The normalized spacial score (nSPS) is 28.2. The number of nitrogens with one attached hydrogen (secondary N) is 1. The van der Waals surface area contributed by atoms with Gasteiger partial charge in [0.2, 0.25) is 5.91 Å². The molecule has 2 heterocycles. The van der Waals surface area contributed by atoms with Gasteiger partial charge in [0.15, 0.2) is 0 Å². The molecule has 0 spiro atoms. The summed E-state index contributed by atoms with van der Waals surface area (Å²) in [5, 5.41) is 22.0. The number of carbonyl (C=O) groups excluding carboxylic acids is 1. The van der Waals surface area contributed by atoms with Crippen LogP contribution in [-0.2, 0) is 22.6 Å². The number of likely N-dealkylation sites (tertiary alicyclic amines) is 1. The van der Waals surface area contributed by atoms with Gasteiger partial charge in [-0.2, -0.15) is 0 Å². The molecule has 0 radical (unpaired) electrons. The fourth-order valence-electron chi connectivity index (χ4n) is 3.12. The molecule has 21 heavy (non-hydrogen) atoms. The highest BCUT2D eigenvalue weighted by molar-refractivity contribution is 5.88. The summed E-state index contributed by atoms with van der Waals surface area (Å²) in [5.41, 5.74) is 2.28. The minimum atomic E-state index is -1.06. The van der Waals surface area contributed by atoms with Gasteiger partial charge in [0, 0.05) is 19.5 Å². The highest BCUT2D eigenvalue weighted by atomic mass is 16.4. The van der Waals surface area contributed by atoms with E-state index in [4.69, 9.17) is 0 Å².